The lowest BCUT2D eigenvalue weighted by Crippen LogP contribution is -2.27. The van der Waals surface area contributed by atoms with Gasteiger partial charge in [0.2, 0.25) is 5.78 Å². The molecule has 0 bridgehead atoms. The van der Waals surface area contributed by atoms with Gasteiger partial charge in [-0.1, -0.05) is 26.0 Å². The Morgan fingerprint density at radius 1 is 1.39 bits per heavy atom. The van der Waals surface area contributed by atoms with Gasteiger partial charge >= 0.3 is 0 Å². The van der Waals surface area contributed by atoms with Crippen molar-refractivity contribution in [2.75, 3.05) is 0 Å². The molecule has 0 unspecified atom stereocenters. The summed E-state index contributed by atoms with van der Waals surface area (Å²) in [5.74, 6) is 0.0990. The van der Waals surface area contributed by atoms with Gasteiger partial charge < -0.3 is 9.55 Å². The van der Waals surface area contributed by atoms with Crippen molar-refractivity contribution in [3.05, 3.63) is 45.5 Å². The third-order valence-corrected chi connectivity index (χ3v) is 5.03. The number of rotatable bonds is 5. The van der Waals surface area contributed by atoms with E-state index in [0.717, 1.165) is 46.6 Å². The zero-order valence-electron chi connectivity index (χ0n) is 13.8. The molecule has 0 spiro atoms. The summed E-state index contributed by atoms with van der Waals surface area (Å²) in [5.41, 5.74) is 1.55. The minimum Gasteiger partial charge on any atom is -0.361 e. The number of fused-ring (bicyclic) bond motifs is 1. The summed E-state index contributed by atoms with van der Waals surface area (Å²) in [4.78, 5) is 17.6. The molecule has 0 saturated carbocycles. The fourth-order valence-corrected chi connectivity index (χ4v) is 3.99. The summed E-state index contributed by atoms with van der Waals surface area (Å²) >= 11 is 1.70. The smallest absolute Gasteiger partial charge is 0.211 e. The van der Waals surface area contributed by atoms with Gasteiger partial charge in [-0.3, -0.25) is 4.79 Å². The summed E-state index contributed by atoms with van der Waals surface area (Å²) in [5, 5.41) is 5.28. The van der Waals surface area contributed by atoms with Crippen LogP contribution in [0.3, 0.4) is 0 Å². The Bertz CT molecular complexity index is 955. The van der Waals surface area contributed by atoms with Crippen LogP contribution < -0.4 is 10.6 Å². The molecular formula is C19H22N2OS. The molecule has 0 aliphatic rings. The Labute approximate surface area is 140 Å². The Kier molecular flexibility index (Phi) is 4.53. The van der Waals surface area contributed by atoms with E-state index in [4.69, 9.17) is 0 Å². The van der Waals surface area contributed by atoms with Crippen molar-refractivity contribution in [1.82, 2.24) is 9.55 Å². The molecule has 0 fully saturated rings. The lowest BCUT2D eigenvalue weighted by Gasteiger charge is -2.07. The van der Waals surface area contributed by atoms with E-state index >= 15 is 0 Å². The Morgan fingerprint density at radius 3 is 2.91 bits per heavy atom. The molecule has 0 amide bonds. The second kappa shape index (κ2) is 6.59. The number of aromatic amines is 1. The first-order valence-corrected chi connectivity index (χ1v) is 9.04. The van der Waals surface area contributed by atoms with Gasteiger partial charge in [0.1, 0.15) is 4.83 Å². The van der Waals surface area contributed by atoms with E-state index < -0.39 is 0 Å². The molecule has 0 atom stereocenters. The van der Waals surface area contributed by atoms with Gasteiger partial charge in [0.25, 0.3) is 0 Å². The van der Waals surface area contributed by atoms with Crippen molar-refractivity contribution in [2.24, 2.45) is 0 Å². The van der Waals surface area contributed by atoms with Crippen molar-refractivity contribution < 1.29 is 4.79 Å². The van der Waals surface area contributed by atoms with E-state index in [9.17, 15) is 4.79 Å². The van der Waals surface area contributed by atoms with Crippen LogP contribution in [0.15, 0.2) is 23.7 Å². The number of thiophene rings is 1. The normalized spacial score (nSPS) is 13.3. The van der Waals surface area contributed by atoms with Gasteiger partial charge in [-0.25, -0.2) is 0 Å². The first-order chi connectivity index (χ1) is 11.2. The molecule has 0 aliphatic heterocycles. The minimum atomic E-state index is 0.0990. The van der Waals surface area contributed by atoms with Crippen LogP contribution in [-0.4, -0.2) is 15.3 Å². The van der Waals surface area contributed by atoms with Gasteiger partial charge in [0, 0.05) is 34.3 Å². The van der Waals surface area contributed by atoms with Crippen LogP contribution in [0.2, 0.25) is 0 Å². The van der Waals surface area contributed by atoms with Crippen LogP contribution in [0.5, 0.6) is 0 Å². The van der Waals surface area contributed by atoms with Crippen molar-refractivity contribution in [3.8, 4) is 0 Å². The second-order valence-corrected chi connectivity index (χ2v) is 6.52. The summed E-state index contributed by atoms with van der Waals surface area (Å²) in [6.45, 7) is 7.09. The lowest BCUT2D eigenvalue weighted by molar-refractivity contribution is 0.103. The zero-order chi connectivity index (χ0) is 16.4. The van der Waals surface area contributed by atoms with Crippen molar-refractivity contribution >= 4 is 39.5 Å². The average Bonchev–Trinajstić information content (AvgIpc) is 3.23. The molecule has 0 aliphatic carbocycles. The van der Waals surface area contributed by atoms with Gasteiger partial charge in [-0.05, 0) is 37.3 Å². The summed E-state index contributed by atoms with van der Waals surface area (Å²) < 4.78 is 2.16. The maximum Gasteiger partial charge on any atom is 0.211 e. The van der Waals surface area contributed by atoms with E-state index in [1.807, 2.05) is 25.3 Å². The maximum atomic E-state index is 13.1. The summed E-state index contributed by atoms with van der Waals surface area (Å²) in [6, 6.07) is 4.11. The number of carbonyl (C=O) groups excluding carboxylic acids is 1. The van der Waals surface area contributed by atoms with E-state index in [2.05, 4.69) is 40.9 Å². The molecule has 3 rings (SSSR count). The number of carbonyl (C=O) groups is 1. The fraction of sp³-hybridized carbons (Fsp3) is 0.316. The Hall–Kier alpha value is -2.07. The molecule has 3 aromatic rings. The van der Waals surface area contributed by atoms with Gasteiger partial charge in [-0.15, -0.1) is 11.3 Å². The zero-order valence-corrected chi connectivity index (χ0v) is 14.7. The molecule has 4 heteroatoms. The maximum absolute atomic E-state index is 13.1. The molecule has 3 aromatic heterocycles. The first-order valence-electron chi connectivity index (χ1n) is 8.16. The molecular weight excluding hydrogens is 304 g/mol. The lowest BCUT2D eigenvalue weighted by atomic mass is 10.1. The molecule has 3 nitrogen and oxygen atoms in total. The van der Waals surface area contributed by atoms with E-state index in [-0.39, 0.29) is 5.78 Å². The Balaban J connectivity index is 2.17. The molecule has 1 N–H and O–H groups in total. The molecule has 0 radical (unpaired) electrons. The van der Waals surface area contributed by atoms with E-state index in [1.54, 1.807) is 11.3 Å². The third-order valence-electron chi connectivity index (χ3n) is 4.08. The van der Waals surface area contributed by atoms with Crippen molar-refractivity contribution in [2.45, 2.75) is 40.2 Å². The molecule has 0 saturated heterocycles. The largest absolute Gasteiger partial charge is 0.361 e. The molecule has 0 aromatic carbocycles. The number of ketones is 1. The number of aromatic nitrogens is 2. The molecule has 3 heterocycles. The highest BCUT2D eigenvalue weighted by molar-refractivity contribution is 7.16. The van der Waals surface area contributed by atoms with Crippen LogP contribution in [0, 0.1) is 0 Å². The van der Waals surface area contributed by atoms with Crippen LogP contribution >= 0.6 is 11.3 Å². The van der Waals surface area contributed by atoms with E-state index in [1.165, 1.54) is 4.83 Å². The number of nitrogens with one attached hydrogen (secondary N) is 1. The first kappa shape index (κ1) is 15.8. The van der Waals surface area contributed by atoms with Gasteiger partial charge in [0.05, 0.1) is 5.69 Å². The minimum absolute atomic E-state index is 0.0990. The quantitative estimate of drug-likeness (QED) is 0.714. The summed E-state index contributed by atoms with van der Waals surface area (Å²) in [6.07, 6.45) is 7.93. The number of H-pyrrole nitrogens is 1. The highest BCUT2D eigenvalue weighted by atomic mass is 32.1. The molecule has 120 valence electrons. The van der Waals surface area contributed by atoms with Crippen LogP contribution in [0.4, 0.5) is 0 Å². The summed E-state index contributed by atoms with van der Waals surface area (Å²) in [7, 11) is 0. The topological polar surface area (TPSA) is 37.8 Å². The molecule has 23 heavy (non-hydrogen) atoms. The average molecular weight is 326 g/mol. The SMILES string of the molecule is C/C=c1/c(C(=O)c2cc3ccsc3n2CCC)c[nH]/c1=C/CC. The van der Waals surface area contributed by atoms with Crippen molar-refractivity contribution in [1.29, 1.82) is 0 Å². The predicted octanol–water partition coefficient (Wildman–Crippen LogP) is 3.66. The third kappa shape index (κ3) is 2.68. The standard InChI is InChI=1S/C19H22N2OS/c1-4-7-16-14(6-3)15(12-20-16)18(22)17-11-13-8-10-23-19(13)21(17)9-5-2/h6-8,10-12,20H,4-5,9H2,1-3H3/b14-6-,16-7+. The van der Waals surface area contributed by atoms with Crippen molar-refractivity contribution in [3.63, 3.8) is 0 Å². The van der Waals surface area contributed by atoms with Crippen LogP contribution in [0.1, 0.15) is 49.7 Å². The number of hydrogen-bond acceptors (Lipinski definition) is 2. The highest BCUT2D eigenvalue weighted by Gasteiger charge is 2.19. The highest BCUT2D eigenvalue weighted by Crippen LogP contribution is 2.26. The van der Waals surface area contributed by atoms with Gasteiger partial charge in [0.15, 0.2) is 0 Å². The number of hydrogen-bond donors (Lipinski definition) is 1. The number of nitrogens with zero attached hydrogens (tertiary/aromatic N) is 1. The fourth-order valence-electron chi connectivity index (χ4n) is 3.07. The predicted molar refractivity (Wildman–Crippen MR) is 98.5 cm³/mol. The second-order valence-electron chi connectivity index (χ2n) is 5.62. The van der Waals surface area contributed by atoms with Crippen LogP contribution in [0.25, 0.3) is 22.4 Å². The Morgan fingerprint density at radius 2 is 2.22 bits per heavy atom. The van der Waals surface area contributed by atoms with Crippen LogP contribution in [-0.2, 0) is 6.54 Å². The number of aryl methyl sites for hydroxylation is 1. The monoisotopic (exact) mass is 326 g/mol. The van der Waals surface area contributed by atoms with E-state index in [0.29, 0.717) is 0 Å². The van der Waals surface area contributed by atoms with Gasteiger partial charge in [-0.2, -0.15) is 0 Å².